The molecule has 6 nitrogen and oxygen atoms in total. The van der Waals surface area contributed by atoms with Crippen molar-refractivity contribution in [2.24, 2.45) is 0 Å². The highest BCUT2D eigenvalue weighted by Crippen LogP contribution is 2.35. The van der Waals surface area contributed by atoms with E-state index in [-0.39, 0.29) is 11.7 Å². The number of aromatic nitrogens is 1. The van der Waals surface area contributed by atoms with E-state index in [1.54, 1.807) is 18.2 Å². The molecule has 0 amide bonds. The third kappa shape index (κ3) is 3.41. The van der Waals surface area contributed by atoms with E-state index in [1.807, 2.05) is 24.3 Å². The van der Waals surface area contributed by atoms with Crippen LogP contribution in [0.1, 0.15) is 19.9 Å². The monoisotopic (exact) mass is 396 g/mol. The van der Waals surface area contributed by atoms with Gasteiger partial charge in [0.2, 0.25) is 10.0 Å². The van der Waals surface area contributed by atoms with Crippen molar-refractivity contribution in [1.29, 1.82) is 0 Å². The Morgan fingerprint density at radius 1 is 1.04 bits per heavy atom. The summed E-state index contributed by atoms with van der Waals surface area (Å²) in [4.78, 5) is 11.4. The van der Waals surface area contributed by atoms with Crippen LogP contribution in [0, 0.1) is 0 Å². The Labute approximate surface area is 162 Å². The van der Waals surface area contributed by atoms with E-state index in [9.17, 15) is 13.2 Å². The molecule has 0 radical (unpaired) electrons. The van der Waals surface area contributed by atoms with Crippen LogP contribution in [0.4, 0.5) is 5.69 Å². The van der Waals surface area contributed by atoms with Gasteiger partial charge in [-0.1, -0.05) is 12.1 Å². The van der Waals surface area contributed by atoms with Gasteiger partial charge in [0.1, 0.15) is 5.58 Å². The molecule has 0 atom stereocenters. The van der Waals surface area contributed by atoms with E-state index < -0.39 is 10.0 Å². The first-order valence-corrected chi connectivity index (χ1v) is 10.8. The maximum Gasteiger partial charge on any atom is 0.336 e. The third-order valence-electron chi connectivity index (χ3n) is 4.62. The molecule has 1 N–H and O–H groups in total. The Balaban J connectivity index is 1.92. The summed E-state index contributed by atoms with van der Waals surface area (Å²) < 4.78 is 33.0. The lowest BCUT2D eigenvalue weighted by Gasteiger charge is -2.10. The second-order valence-corrected chi connectivity index (χ2v) is 8.91. The minimum Gasteiger partial charge on any atom is -0.423 e. The topological polar surface area (TPSA) is 81.3 Å². The SMILES string of the molecule is CC(C)n1cc(-c2ccc3oc(=O)ccc3c2)c2ccc(NS(C)(=O)=O)cc21. The fourth-order valence-electron chi connectivity index (χ4n) is 3.43. The summed E-state index contributed by atoms with van der Waals surface area (Å²) in [6.45, 7) is 4.16. The summed E-state index contributed by atoms with van der Waals surface area (Å²) in [5.41, 5.74) is 3.67. The van der Waals surface area contributed by atoms with Crippen LogP contribution in [0.2, 0.25) is 0 Å². The summed E-state index contributed by atoms with van der Waals surface area (Å²) in [5, 5.41) is 1.86. The molecule has 2 aromatic carbocycles. The lowest BCUT2D eigenvalue weighted by molar-refractivity contribution is 0.561. The van der Waals surface area contributed by atoms with Crippen LogP contribution in [0.25, 0.3) is 33.0 Å². The van der Waals surface area contributed by atoms with Crippen molar-refractivity contribution in [3.8, 4) is 11.1 Å². The highest BCUT2D eigenvalue weighted by atomic mass is 32.2. The normalized spacial score (nSPS) is 12.1. The van der Waals surface area contributed by atoms with Crippen molar-refractivity contribution in [3.05, 3.63) is 65.1 Å². The molecule has 0 bridgehead atoms. The van der Waals surface area contributed by atoms with Crippen molar-refractivity contribution < 1.29 is 12.8 Å². The van der Waals surface area contributed by atoms with Gasteiger partial charge in [0.05, 0.1) is 17.5 Å². The zero-order chi connectivity index (χ0) is 20.1. The molecule has 4 aromatic rings. The molecular weight excluding hydrogens is 376 g/mol. The molecule has 2 heterocycles. The van der Waals surface area contributed by atoms with Gasteiger partial charge in [-0.25, -0.2) is 13.2 Å². The molecule has 7 heteroatoms. The number of nitrogens with zero attached hydrogens (tertiary/aromatic N) is 1. The number of sulfonamides is 1. The Hall–Kier alpha value is -3.06. The lowest BCUT2D eigenvalue weighted by atomic mass is 10.0. The van der Waals surface area contributed by atoms with Crippen LogP contribution in [-0.4, -0.2) is 19.2 Å². The first-order chi connectivity index (χ1) is 13.2. The summed E-state index contributed by atoms with van der Waals surface area (Å²) in [7, 11) is -3.35. The van der Waals surface area contributed by atoms with Crippen molar-refractivity contribution in [2.45, 2.75) is 19.9 Å². The molecule has 144 valence electrons. The molecule has 0 aliphatic carbocycles. The molecule has 2 aromatic heterocycles. The van der Waals surface area contributed by atoms with Crippen molar-refractivity contribution in [2.75, 3.05) is 11.0 Å². The Morgan fingerprint density at radius 2 is 1.82 bits per heavy atom. The number of anilines is 1. The number of nitrogens with one attached hydrogen (secondary N) is 1. The molecule has 0 spiro atoms. The highest BCUT2D eigenvalue weighted by Gasteiger charge is 2.14. The second kappa shape index (κ2) is 6.53. The fourth-order valence-corrected chi connectivity index (χ4v) is 3.98. The molecular formula is C21H20N2O4S. The van der Waals surface area contributed by atoms with E-state index in [4.69, 9.17) is 4.42 Å². The van der Waals surface area contributed by atoms with Crippen LogP contribution in [0.15, 0.2) is 63.9 Å². The maximum absolute atomic E-state index is 11.6. The number of hydrogen-bond donors (Lipinski definition) is 1. The van der Waals surface area contributed by atoms with E-state index in [0.717, 1.165) is 33.7 Å². The van der Waals surface area contributed by atoms with Gasteiger partial charge in [-0.2, -0.15) is 0 Å². The number of rotatable bonds is 4. The summed E-state index contributed by atoms with van der Waals surface area (Å²) in [5.74, 6) is 0. The largest absolute Gasteiger partial charge is 0.423 e. The van der Waals surface area contributed by atoms with Crippen LogP contribution in [-0.2, 0) is 10.0 Å². The highest BCUT2D eigenvalue weighted by molar-refractivity contribution is 7.92. The molecule has 4 rings (SSSR count). The Kier molecular flexibility index (Phi) is 4.27. The zero-order valence-electron chi connectivity index (χ0n) is 15.8. The summed E-state index contributed by atoms with van der Waals surface area (Å²) in [6, 6.07) is 14.6. The first-order valence-electron chi connectivity index (χ1n) is 8.88. The predicted molar refractivity (Wildman–Crippen MR) is 112 cm³/mol. The smallest absolute Gasteiger partial charge is 0.336 e. The fraction of sp³-hybridized carbons (Fsp3) is 0.190. The minimum absolute atomic E-state index is 0.197. The second-order valence-electron chi connectivity index (χ2n) is 7.16. The number of benzene rings is 2. The van der Waals surface area contributed by atoms with Gasteiger partial charge in [-0.3, -0.25) is 4.72 Å². The molecule has 0 saturated carbocycles. The van der Waals surface area contributed by atoms with Gasteiger partial charge in [0, 0.05) is 34.6 Å². The third-order valence-corrected chi connectivity index (χ3v) is 5.23. The Morgan fingerprint density at radius 3 is 2.54 bits per heavy atom. The number of hydrogen-bond acceptors (Lipinski definition) is 4. The molecule has 0 fully saturated rings. The first kappa shape index (κ1) is 18.3. The van der Waals surface area contributed by atoms with Gasteiger partial charge in [0.15, 0.2) is 0 Å². The average Bonchev–Trinajstić information content (AvgIpc) is 2.99. The van der Waals surface area contributed by atoms with Crippen molar-refractivity contribution in [1.82, 2.24) is 4.57 Å². The zero-order valence-corrected chi connectivity index (χ0v) is 16.6. The van der Waals surface area contributed by atoms with E-state index >= 15 is 0 Å². The molecule has 28 heavy (non-hydrogen) atoms. The van der Waals surface area contributed by atoms with Crippen LogP contribution in [0.5, 0.6) is 0 Å². The standard InChI is InChI=1S/C21H20N2O4S/c1-13(2)23-12-18(14-4-8-20-15(10-14)5-9-21(24)27-20)17-7-6-16(11-19(17)23)22-28(3,25)26/h4-13,22H,1-3H3. The van der Waals surface area contributed by atoms with E-state index in [0.29, 0.717) is 11.3 Å². The van der Waals surface area contributed by atoms with Crippen LogP contribution >= 0.6 is 0 Å². The predicted octanol–water partition coefficient (Wildman–Crippen LogP) is 4.37. The summed E-state index contributed by atoms with van der Waals surface area (Å²) >= 11 is 0. The van der Waals surface area contributed by atoms with Crippen LogP contribution in [0.3, 0.4) is 0 Å². The van der Waals surface area contributed by atoms with Gasteiger partial charge in [-0.15, -0.1) is 0 Å². The minimum atomic E-state index is -3.35. The number of fused-ring (bicyclic) bond motifs is 2. The van der Waals surface area contributed by atoms with Gasteiger partial charge in [-0.05, 0) is 49.7 Å². The molecule has 0 aliphatic heterocycles. The Bertz CT molecular complexity index is 1360. The molecule has 0 aliphatic rings. The average molecular weight is 396 g/mol. The van der Waals surface area contributed by atoms with E-state index in [2.05, 4.69) is 29.3 Å². The van der Waals surface area contributed by atoms with Crippen LogP contribution < -0.4 is 10.3 Å². The van der Waals surface area contributed by atoms with Gasteiger partial charge >= 0.3 is 5.63 Å². The molecule has 0 unspecified atom stereocenters. The molecule has 0 saturated heterocycles. The van der Waals surface area contributed by atoms with E-state index in [1.165, 1.54) is 6.07 Å². The van der Waals surface area contributed by atoms with Gasteiger partial charge < -0.3 is 8.98 Å². The quantitative estimate of drug-likeness (QED) is 0.520. The maximum atomic E-state index is 11.6. The lowest BCUT2D eigenvalue weighted by Crippen LogP contribution is -2.09. The van der Waals surface area contributed by atoms with Gasteiger partial charge in [0.25, 0.3) is 0 Å². The summed E-state index contributed by atoms with van der Waals surface area (Å²) in [6.07, 6.45) is 3.21. The van der Waals surface area contributed by atoms with Crippen molar-refractivity contribution in [3.63, 3.8) is 0 Å². The van der Waals surface area contributed by atoms with Crippen molar-refractivity contribution >= 4 is 37.6 Å².